The van der Waals surface area contributed by atoms with Gasteiger partial charge in [-0.1, -0.05) is 12.1 Å². The number of benzene rings is 1. The molecule has 0 amide bonds. The number of rotatable bonds is 2. The summed E-state index contributed by atoms with van der Waals surface area (Å²) in [5.41, 5.74) is 1.70. The minimum absolute atomic E-state index is 0.143. The van der Waals surface area contributed by atoms with Crippen molar-refractivity contribution < 1.29 is 9.53 Å². The zero-order valence-electron chi connectivity index (χ0n) is 9.14. The molecule has 1 aromatic carbocycles. The lowest BCUT2D eigenvalue weighted by molar-refractivity contribution is 0.0600. The van der Waals surface area contributed by atoms with E-state index in [1.165, 1.54) is 7.11 Å². The van der Waals surface area contributed by atoms with Crippen LogP contribution in [0.1, 0.15) is 34.7 Å². The standard InChI is InChI=1S/C13H13NO2/c1-16-13(15)10-4-2-9(3-5-10)12-7-6-11(12)8-14/h2-5,11-12H,6-7H2,1H3. The maximum Gasteiger partial charge on any atom is 0.337 e. The summed E-state index contributed by atoms with van der Waals surface area (Å²) in [5, 5.41) is 8.87. The smallest absolute Gasteiger partial charge is 0.337 e. The molecule has 1 fully saturated rings. The third kappa shape index (κ3) is 1.79. The lowest BCUT2D eigenvalue weighted by Crippen LogP contribution is -2.22. The van der Waals surface area contributed by atoms with Gasteiger partial charge in [0.05, 0.1) is 24.7 Å². The molecule has 1 aromatic rings. The monoisotopic (exact) mass is 215 g/mol. The first-order valence-corrected chi connectivity index (χ1v) is 5.34. The lowest BCUT2D eigenvalue weighted by atomic mass is 9.71. The van der Waals surface area contributed by atoms with Crippen molar-refractivity contribution in [3.63, 3.8) is 0 Å². The van der Waals surface area contributed by atoms with Gasteiger partial charge in [-0.2, -0.15) is 5.26 Å². The maximum absolute atomic E-state index is 11.2. The highest BCUT2D eigenvalue weighted by Gasteiger charge is 2.31. The van der Waals surface area contributed by atoms with Crippen molar-refractivity contribution >= 4 is 5.97 Å². The van der Waals surface area contributed by atoms with Crippen LogP contribution in [0.3, 0.4) is 0 Å². The summed E-state index contributed by atoms with van der Waals surface area (Å²) in [6.45, 7) is 0. The number of nitrogens with zero attached hydrogens (tertiary/aromatic N) is 1. The van der Waals surface area contributed by atoms with Crippen LogP contribution in [-0.4, -0.2) is 13.1 Å². The fourth-order valence-electron chi connectivity index (χ4n) is 2.04. The topological polar surface area (TPSA) is 50.1 Å². The van der Waals surface area contributed by atoms with Gasteiger partial charge in [0.25, 0.3) is 0 Å². The summed E-state index contributed by atoms with van der Waals surface area (Å²) in [4.78, 5) is 11.2. The molecule has 1 saturated carbocycles. The molecule has 0 N–H and O–H groups in total. The van der Waals surface area contributed by atoms with Gasteiger partial charge in [0.1, 0.15) is 0 Å². The van der Waals surface area contributed by atoms with E-state index in [9.17, 15) is 4.79 Å². The fraction of sp³-hybridized carbons (Fsp3) is 0.385. The van der Waals surface area contributed by atoms with Crippen LogP contribution in [0, 0.1) is 17.2 Å². The van der Waals surface area contributed by atoms with Crippen LogP contribution in [0.15, 0.2) is 24.3 Å². The summed E-state index contributed by atoms with van der Waals surface area (Å²) >= 11 is 0. The average molecular weight is 215 g/mol. The van der Waals surface area contributed by atoms with Crippen molar-refractivity contribution in [3.8, 4) is 6.07 Å². The van der Waals surface area contributed by atoms with E-state index in [1.54, 1.807) is 12.1 Å². The number of esters is 1. The predicted octanol–water partition coefficient (Wildman–Crippen LogP) is 2.49. The Labute approximate surface area is 94.6 Å². The first-order valence-electron chi connectivity index (χ1n) is 5.34. The van der Waals surface area contributed by atoms with Crippen molar-refractivity contribution in [2.24, 2.45) is 5.92 Å². The van der Waals surface area contributed by atoms with Crippen molar-refractivity contribution in [3.05, 3.63) is 35.4 Å². The molecule has 3 heteroatoms. The molecule has 0 radical (unpaired) electrons. The number of ether oxygens (including phenoxy) is 1. The number of hydrogen-bond donors (Lipinski definition) is 0. The van der Waals surface area contributed by atoms with Crippen molar-refractivity contribution in [2.45, 2.75) is 18.8 Å². The van der Waals surface area contributed by atoms with E-state index < -0.39 is 0 Å². The Morgan fingerprint density at radius 3 is 2.50 bits per heavy atom. The molecule has 0 heterocycles. The Kier molecular flexibility index (Phi) is 2.91. The second-order valence-corrected chi connectivity index (χ2v) is 4.03. The number of nitriles is 1. The SMILES string of the molecule is COC(=O)c1ccc(C2CCC2C#N)cc1. The highest BCUT2D eigenvalue weighted by atomic mass is 16.5. The minimum Gasteiger partial charge on any atom is -0.465 e. The van der Waals surface area contributed by atoms with Crippen LogP contribution in [0.4, 0.5) is 0 Å². The van der Waals surface area contributed by atoms with E-state index in [0.717, 1.165) is 18.4 Å². The van der Waals surface area contributed by atoms with E-state index in [0.29, 0.717) is 11.5 Å². The molecule has 16 heavy (non-hydrogen) atoms. The maximum atomic E-state index is 11.2. The fourth-order valence-corrected chi connectivity index (χ4v) is 2.04. The minimum atomic E-state index is -0.322. The highest BCUT2D eigenvalue weighted by Crippen LogP contribution is 2.41. The van der Waals surface area contributed by atoms with E-state index in [-0.39, 0.29) is 11.9 Å². The number of carbonyl (C=O) groups is 1. The van der Waals surface area contributed by atoms with Gasteiger partial charge in [-0.3, -0.25) is 0 Å². The van der Waals surface area contributed by atoms with Gasteiger partial charge in [-0.25, -0.2) is 4.79 Å². The Morgan fingerprint density at radius 2 is 2.06 bits per heavy atom. The largest absolute Gasteiger partial charge is 0.465 e. The molecule has 3 nitrogen and oxygen atoms in total. The lowest BCUT2D eigenvalue weighted by Gasteiger charge is -2.31. The Morgan fingerprint density at radius 1 is 1.38 bits per heavy atom. The van der Waals surface area contributed by atoms with E-state index >= 15 is 0 Å². The summed E-state index contributed by atoms with van der Waals surface area (Å²) in [5.74, 6) is 0.165. The second kappa shape index (κ2) is 4.36. The molecular weight excluding hydrogens is 202 g/mol. The average Bonchev–Trinajstić information content (AvgIpc) is 2.28. The van der Waals surface area contributed by atoms with Gasteiger partial charge in [0.15, 0.2) is 0 Å². The summed E-state index contributed by atoms with van der Waals surface area (Å²) < 4.78 is 4.63. The molecule has 0 saturated heterocycles. The molecule has 0 aromatic heterocycles. The summed E-state index contributed by atoms with van der Waals surface area (Å²) in [7, 11) is 1.37. The molecule has 0 bridgehead atoms. The molecule has 82 valence electrons. The second-order valence-electron chi connectivity index (χ2n) is 4.03. The quantitative estimate of drug-likeness (QED) is 0.712. The first kappa shape index (κ1) is 10.7. The Hall–Kier alpha value is -1.82. The predicted molar refractivity (Wildman–Crippen MR) is 58.9 cm³/mol. The van der Waals surface area contributed by atoms with Gasteiger partial charge in [0.2, 0.25) is 0 Å². The summed E-state index contributed by atoms with van der Waals surface area (Å²) in [6.07, 6.45) is 2.05. The van der Waals surface area contributed by atoms with Crippen molar-refractivity contribution in [1.82, 2.24) is 0 Å². The van der Waals surface area contributed by atoms with Crippen LogP contribution in [0.25, 0.3) is 0 Å². The van der Waals surface area contributed by atoms with Crippen molar-refractivity contribution in [1.29, 1.82) is 5.26 Å². The third-order valence-electron chi connectivity index (χ3n) is 3.20. The molecule has 2 unspecified atom stereocenters. The van der Waals surface area contributed by atoms with Gasteiger partial charge in [-0.05, 0) is 36.5 Å². The third-order valence-corrected chi connectivity index (χ3v) is 3.20. The van der Waals surface area contributed by atoms with E-state index in [1.807, 2.05) is 12.1 Å². The Bertz CT molecular complexity index is 430. The Balaban J connectivity index is 2.14. The molecule has 1 aliphatic rings. The van der Waals surface area contributed by atoms with Gasteiger partial charge in [0, 0.05) is 0 Å². The molecular formula is C13H13NO2. The van der Waals surface area contributed by atoms with Gasteiger partial charge >= 0.3 is 5.97 Å². The highest BCUT2D eigenvalue weighted by molar-refractivity contribution is 5.89. The zero-order chi connectivity index (χ0) is 11.5. The van der Waals surface area contributed by atoms with Crippen molar-refractivity contribution in [2.75, 3.05) is 7.11 Å². The van der Waals surface area contributed by atoms with Crippen LogP contribution in [0.5, 0.6) is 0 Å². The summed E-state index contributed by atoms with van der Waals surface area (Å²) in [6, 6.07) is 9.66. The van der Waals surface area contributed by atoms with Gasteiger partial charge in [-0.15, -0.1) is 0 Å². The molecule has 2 atom stereocenters. The van der Waals surface area contributed by atoms with Crippen LogP contribution in [0.2, 0.25) is 0 Å². The molecule has 0 spiro atoms. The zero-order valence-corrected chi connectivity index (χ0v) is 9.14. The van der Waals surface area contributed by atoms with Gasteiger partial charge < -0.3 is 4.74 Å². The molecule has 1 aliphatic carbocycles. The van der Waals surface area contributed by atoms with Crippen LogP contribution >= 0.6 is 0 Å². The number of hydrogen-bond acceptors (Lipinski definition) is 3. The van der Waals surface area contributed by atoms with E-state index in [2.05, 4.69) is 10.8 Å². The number of carbonyl (C=O) groups excluding carboxylic acids is 1. The normalized spacial score (nSPS) is 23.0. The molecule has 2 rings (SSSR count). The number of methoxy groups -OCH3 is 1. The van der Waals surface area contributed by atoms with Crippen LogP contribution in [-0.2, 0) is 4.74 Å². The first-order chi connectivity index (χ1) is 7.76. The molecule has 0 aliphatic heterocycles. The van der Waals surface area contributed by atoms with Crippen LogP contribution < -0.4 is 0 Å². The van der Waals surface area contributed by atoms with E-state index in [4.69, 9.17) is 5.26 Å².